The van der Waals surface area contributed by atoms with Gasteiger partial charge < -0.3 is 10.1 Å². The molecule has 0 radical (unpaired) electrons. The summed E-state index contributed by atoms with van der Waals surface area (Å²) < 4.78 is 4.98. The summed E-state index contributed by atoms with van der Waals surface area (Å²) in [7, 11) is 3.07. The smallest absolute Gasteiger partial charge is 0.256 e. The minimum absolute atomic E-state index is 0.190. The molecule has 1 amide bonds. The van der Waals surface area contributed by atoms with E-state index in [2.05, 4.69) is 10.3 Å². The lowest BCUT2D eigenvalue weighted by Gasteiger charge is -2.06. The number of pyridine rings is 1. The van der Waals surface area contributed by atoms with Crippen molar-refractivity contribution < 1.29 is 9.53 Å². The molecule has 0 bridgehead atoms. The number of amides is 1. The van der Waals surface area contributed by atoms with Gasteiger partial charge in [0.05, 0.1) is 7.11 Å². The van der Waals surface area contributed by atoms with Crippen molar-refractivity contribution in [3.05, 3.63) is 23.4 Å². The zero-order valence-corrected chi connectivity index (χ0v) is 7.92. The molecule has 1 heterocycles. The van der Waals surface area contributed by atoms with E-state index in [-0.39, 0.29) is 5.91 Å². The van der Waals surface area contributed by atoms with Crippen LogP contribution < -0.4 is 10.1 Å². The summed E-state index contributed by atoms with van der Waals surface area (Å²) in [5.41, 5.74) is 1.28. The van der Waals surface area contributed by atoms with Crippen LogP contribution >= 0.6 is 0 Å². The Labute approximate surface area is 76.9 Å². The van der Waals surface area contributed by atoms with Crippen LogP contribution in [0.25, 0.3) is 0 Å². The van der Waals surface area contributed by atoms with Crippen molar-refractivity contribution in [1.82, 2.24) is 10.3 Å². The van der Waals surface area contributed by atoms with E-state index < -0.39 is 0 Å². The molecule has 70 valence electrons. The third-order valence-electron chi connectivity index (χ3n) is 1.66. The first-order chi connectivity index (χ1) is 6.19. The minimum Gasteiger partial charge on any atom is -0.480 e. The molecule has 4 nitrogen and oxygen atoms in total. The van der Waals surface area contributed by atoms with Crippen LogP contribution in [0.3, 0.4) is 0 Å². The molecule has 4 heteroatoms. The number of aryl methyl sites for hydroxylation is 1. The fourth-order valence-corrected chi connectivity index (χ4v) is 0.996. The highest BCUT2D eigenvalue weighted by atomic mass is 16.5. The molecule has 1 rings (SSSR count). The molecule has 0 unspecified atom stereocenters. The summed E-state index contributed by atoms with van der Waals surface area (Å²) in [6.07, 6.45) is 0. The Kier molecular flexibility index (Phi) is 2.84. The van der Waals surface area contributed by atoms with Crippen molar-refractivity contribution in [2.75, 3.05) is 14.2 Å². The van der Waals surface area contributed by atoms with Crippen molar-refractivity contribution in [1.29, 1.82) is 0 Å². The van der Waals surface area contributed by atoms with Gasteiger partial charge in [0.25, 0.3) is 5.91 Å². The van der Waals surface area contributed by atoms with Crippen molar-refractivity contribution in [3.8, 4) is 5.88 Å². The number of methoxy groups -OCH3 is 1. The van der Waals surface area contributed by atoms with Gasteiger partial charge in [0.1, 0.15) is 5.56 Å². The number of rotatable bonds is 2. The standard InChI is InChI=1S/C9H12N2O2/c1-6-4-5-7(8(12)10-2)9(11-6)13-3/h4-5H,1-3H3,(H,10,12). The van der Waals surface area contributed by atoms with Gasteiger partial charge in [-0.1, -0.05) is 0 Å². The second-order valence-corrected chi connectivity index (χ2v) is 2.59. The summed E-state index contributed by atoms with van der Waals surface area (Å²) in [6.45, 7) is 1.84. The van der Waals surface area contributed by atoms with E-state index in [1.54, 1.807) is 19.2 Å². The molecule has 0 fully saturated rings. The molecule has 1 aromatic rings. The molecule has 0 aliphatic carbocycles. The predicted octanol–water partition coefficient (Wildman–Crippen LogP) is 0.758. The first-order valence-electron chi connectivity index (χ1n) is 3.92. The van der Waals surface area contributed by atoms with Crippen LogP contribution in [-0.2, 0) is 0 Å². The molecule has 0 spiro atoms. The molecule has 0 aromatic carbocycles. The first kappa shape index (κ1) is 9.51. The SMILES string of the molecule is CNC(=O)c1ccc(C)nc1OC. The highest BCUT2D eigenvalue weighted by Crippen LogP contribution is 2.14. The second kappa shape index (κ2) is 3.89. The van der Waals surface area contributed by atoms with Gasteiger partial charge in [-0.3, -0.25) is 4.79 Å². The lowest BCUT2D eigenvalue weighted by molar-refractivity contribution is 0.0959. The minimum atomic E-state index is -0.190. The van der Waals surface area contributed by atoms with E-state index in [4.69, 9.17) is 4.74 Å². The highest BCUT2D eigenvalue weighted by molar-refractivity contribution is 5.96. The normalized spacial score (nSPS) is 9.46. The highest BCUT2D eigenvalue weighted by Gasteiger charge is 2.11. The number of carbonyl (C=O) groups is 1. The second-order valence-electron chi connectivity index (χ2n) is 2.59. The fraction of sp³-hybridized carbons (Fsp3) is 0.333. The molecule has 0 saturated carbocycles. The largest absolute Gasteiger partial charge is 0.480 e. The monoisotopic (exact) mass is 180 g/mol. The van der Waals surface area contributed by atoms with E-state index in [0.29, 0.717) is 11.4 Å². The maximum atomic E-state index is 11.3. The fourth-order valence-electron chi connectivity index (χ4n) is 0.996. The van der Waals surface area contributed by atoms with Crippen molar-refractivity contribution >= 4 is 5.91 Å². The van der Waals surface area contributed by atoms with E-state index in [1.807, 2.05) is 6.92 Å². The average Bonchev–Trinajstić information content (AvgIpc) is 2.16. The van der Waals surface area contributed by atoms with Gasteiger partial charge in [-0.05, 0) is 19.1 Å². The van der Waals surface area contributed by atoms with Crippen LogP contribution in [-0.4, -0.2) is 25.0 Å². The maximum absolute atomic E-state index is 11.3. The summed E-state index contributed by atoms with van der Waals surface area (Å²) in [4.78, 5) is 15.4. The number of nitrogens with one attached hydrogen (secondary N) is 1. The van der Waals surface area contributed by atoms with Crippen molar-refractivity contribution in [2.24, 2.45) is 0 Å². The molecule has 13 heavy (non-hydrogen) atoms. The van der Waals surface area contributed by atoms with Crippen LogP contribution in [0.4, 0.5) is 0 Å². The number of aromatic nitrogens is 1. The van der Waals surface area contributed by atoms with Crippen LogP contribution in [0, 0.1) is 6.92 Å². The Bertz CT molecular complexity index is 323. The Morgan fingerprint density at radius 2 is 2.23 bits per heavy atom. The van der Waals surface area contributed by atoms with E-state index in [1.165, 1.54) is 7.11 Å². The predicted molar refractivity (Wildman–Crippen MR) is 48.9 cm³/mol. The first-order valence-corrected chi connectivity index (χ1v) is 3.92. The van der Waals surface area contributed by atoms with E-state index in [9.17, 15) is 4.79 Å². The zero-order chi connectivity index (χ0) is 9.84. The van der Waals surface area contributed by atoms with Gasteiger partial charge in [-0.25, -0.2) is 4.98 Å². The molecule has 0 atom stereocenters. The lowest BCUT2D eigenvalue weighted by atomic mass is 10.2. The van der Waals surface area contributed by atoms with Crippen LogP contribution in [0.15, 0.2) is 12.1 Å². The molecular formula is C9H12N2O2. The number of carbonyl (C=O) groups excluding carboxylic acids is 1. The quantitative estimate of drug-likeness (QED) is 0.731. The third-order valence-corrected chi connectivity index (χ3v) is 1.66. The number of nitrogens with zero attached hydrogens (tertiary/aromatic N) is 1. The van der Waals surface area contributed by atoms with Gasteiger partial charge in [-0.2, -0.15) is 0 Å². The Balaban J connectivity index is 3.13. The molecule has 0 aliphatic rings. The van der Waals surface area contributed by atoms with Gasteiger partial charge in [0, 0.05) is 12.7 Å². The molecule has 0 aliphatic heterocycles. The number of hydrogen-bond donors (Lipinski definition) is 1. The summed E-state index contributed by atoms with van der Waals surface area (Å²) >= 11 is 0. The summed E-state index contributed by atoms with van der Waals surface area (Å²) in [5, 5.41) is 2.52. The van der Waals surface area contributed by atoms with Crippen LogP contribution in [0.2, 0.25) is 0 Å². The zero-order valence-electron chi connectivity index (χ0n) is 7.92. The Morgan fingerprint density at radius 1 is 1.54 bits per heavy atom. The molecule has 1 aromatic heterocycles. The molecular weight excluding hydrogens is 168 g/mol. The van der Waals surface area contributed by atoms with Gasteiger partial charge in [0.15, 0.2) is 0 Å². The van der Waals surface area contributed by atoms with Gasteiger partial charge in [-0.15, -0.1) is 0 Å². The molecule has 0 saturated heterocycles. The van der Waals surface area contributed by atoms with Crippen LogP contribution in [0.5, 0.6) is 5.88 Å². The average molecular weight is 180 g/mol. The van der Waals surface area contributed by atoms with E-state index >= 15 is 0 Å². The lowest BCUT2D eigenvalue weighted by Crippen LogP contribution is -2.19. The maximum Gasteiger partial charge on any atom is 0.256 e. The number of hydrogen-bond acceptors (Lipinski definition) is 3. The van der Waals surface area contributed by atoms with E-state index in [0.717, 1.165) is 5.69 Å². The Hall–Kier alpha value is -1.58. The number of ether oxygens (including phenoxy) is 1. The third kappa shape index (κ3) is 1.96. The van der Waals surface area contributed by atoms with Crippen molar-refractivity contribution in [3.63, 3.8) is 0 Å². The van der Waals surface area contributed by atoms with Crippen LogP contribution in [0.1, 0.15) is 16.1 Å². The summed E-state index contributed by atoms with van der Waals surface area (Å²) in [5.74, 6) is 0.170. The van der Waals surface area contributed by atoms with Crippen molar-refractivity contribution in [2.45, 2.75) is 6.92 Å². The molecule has 1 N–H and O–H groups in total. The van der Waals surface area contributed by atoms with Gasteiger partial charge >= 0.3 is 0 Å². The summed E-state index contributed by atoms with van der Waals surface area (Å²) in [6, 6.07) is 3.47. The van der Waals surface area contributed by atoms with Gasteiger partial charge in [0.2, 0.25) is 5.88 Å². The Morgan fingerprint density at radius 3 is 2.77 bits per heavy atom. The topological polar surface area (TPSA) is 51.2 Å².